The molecule has 4 aliphatic rings. The van der Waals surface area contributed by atoms with Gasteiger partial charge in [-0.1, -0.05) is 50.2 Å². The average molecular weight is 675 g/mol. The van der Waals surface area contributed by atoms with E-state index in [1.807, 2.05) is 84.9 Å². The van der Waals surface area contributed by atoms with Crippen LogP contribution in [0, 0.1) is 0 Å². The van der Waals surface area contributed by atoms with Crippen molar-refractivity contribution in [3.8, 4) is 11.5 Å². The van der Waals surface area contributed by atoms with Gasteiger partial charge in [0.2, 0.25) is 0 Å². The highest BCUT2D eigenvalue weighted by molar-refractivity contribution is 5.87. The highest BCUT2D eigenvalue weighted by Gasteiger charge is 2.53. The molecule has 0 aromatic heterocycles. The highest BCUT2D eigenvalue weighted by Crippen LogP contribution is 2.53. The molecule has 2 N–H and O–H groups in total. The van der Waals surface area contributed by atoms with Crippen molar-refractivity contribution < 1.29 is 19.1 Å². The van der Waals surface area contributed by atoms with E-state index in [1.54, 1.807) is 0 Å². The van der Waals surface area contributed by atoms with Gasteiger partial charge in [0.05, 0.1) is 12.3 Å². The molecule has 4 aromatic rings. The van der Waals surface area contributed by atoms with Crippen LogP contribution < -0.4 is 29.9 Å². The van der Waals surface area contributed by atoms with Crippen molar-refractivity contribution in [3.63, 3.8) is 0 Å². The number of hydrogen-bond acceptors (Lipinski definition) is 8. The van der Waals surface area contributed by atoms with Crippen molar-refractivity contribution >= 4 is 34.9 Å². The molecule has 2 fully saturated rings. The average Bonchev–Trinajstić information content (AvgIpc) is 3.73. The topological polar surface area (TPSA) is 89.6 Å². The number of carbonyl (C=O) groups is 2. The predicted octanol–water partition coefficient (Wildman–Crippen LogP) is 7.33. The molecule has 4 atom stereocenters. The fourth-order valence-electron chi connectivity index (χ4n) is 8.78. The first kappa shape index (κ1) is 33.4. The zero-order valence-corrected chi connectivity index (χ0v) is 29.6. The molecule has 2 unspecified atom stereocenters. The number of nitrogens with zero attached hydrogens (tertiary/aromatic N) is 4. The number of benzene rings is 4. The van der Waals surface area contributed by atoms with Crippen LogP contribution in [0.3, 0.4) is 0 Å². The molecule has 2 saturated heterocycles. The third kappa shape index (κ3) is 5.92. The van der Waals surface area contributed by atoms with Gasteiger partial charge in [0.15, 0.2) is 0 Å². The standard InChI is InChI=1S/2C20H23N3O2/c2*1-20-11-12-22(2)18(20)23(3)17-10-9-15(13-16(17)20)25-19(24)21-14-7-5-4-6-8-14/h2*4-10,13,18H,11-12H2,1-3H3,(H,21,24)/t2*18?,20-/m10/s1. The lowest BCUT2D eigenvalue weighted by Gasteiger charge is -2.32. The Bertz CT molecular complexity index is 1750. The molecule has 10 heteroatoms. The van der Waals surface area contributed by atoms with Crippen LogP contribution in [0.1, 0.15) is 37.8 Å². The molecule has 4 aliphatic heterocycles. The van der Waals surface area contributed by atoms with E-state index < -0.39 is 12.2 Å². The van der Waals surface area contributed by atoms with Crippen LogP contribution in [0.4, 0.5) is 32.3 Å². The second-order valence-corrected chi connectivity index (χ2v) is 14.4. The van der Waals surface area contributed by atoms with Gasteiger partial charge in [0.1, 0.15) is 11.5 Å². The quantitative estimate of drug-likeness (QED) is 0.233. The molecule has 0 saturated carbocycles. The fourth-order valence-corrected chi connectivity index (χ4v) is 8.78. The third-order valence-corrected chi connectivity index (χ3v) is 11.1. The van der Waals surface area contributed by atoms with Crippen LogP contribution in [0.15, 0.2) is 97.1 Å². The molecule has 0 aliphatic carbocycles. The molecule has 8 rings (SSSR count). The zero-order chi connectivity index (χ0) is 35.2. The van der Waals surface area contributed by atoms with Crippen molar-refractivity contribution in [1.82, 2.24) is 9.80 Å². The number of hydrogen-bond donors (Lipinski definition) is 2. The normalized spacial score (nSPS) is 24.8. The number of para-hydroxylation sites is 2. The van der Waals surface area contributed by atoms with Gasteiger partial charge in [-0.3, -0.25) is 20.4 Å². The lowest BCUT2D eigenvalue weighted by molar-refractivity contribution is 0.214. The van der Waals surface area contributed by atoms with Crippen LogP contribution in [-0.2, 0) is 10.8 Å². The summed E-state index contributed by atoms with van der Waals surface area (Å²) in [6.45, 7) is 6.75. The number of ether oxygens (including phenoxy) is 2. The molecule has 0 radical (unpaired) electrons. The number of rotatable bonds is 4. The van der Waals surface area contributed by atoms with Crippen LogP contribution in [-0.4, -0.2) is 75.6 Å². The zero-order valence-electron chi connectivity index (χ0n) is 29.6. The summed E-state index contributed by atoms with van der Waals surface area (Å²) in [5, 5.41) is 5.50. The van der Waals surface area contributed by atoms with Crippen LogP contribution in [0.5, 0.6) is 11.5 Å². The molecule has 260 valence electrons. The first-order chi connectivity index (χ1) is 24.0. The van der Waals surface area contributed by atoms with E-state index in [-0.39, 0.29) is 10.8 Å². The summed E-state index contributed by atoms with van der Waals surface area (Å²) in [5.74, 6) is 1.16. The maximum Gasteiger partial charge on any atom is 0.417 e. The van der Waals surface area contributed by atoms with Gasteiger partial charge in [-0.05, 0) is 98.7 Å². The Morgan fingerprint density at radius 2 is 0.980 bits per heavy atom. The minimum Gasteiger partial charge on any atom is -0.410 e. The van der Waals surface area contributed by atoms with E-state index in [0.717, 1.165) is 37.3 Å². The van der Waals surface area contributed by atoms with Gasteiger partial charge in [0, 0.05) is 60.8 Å². The SMILES string of the molecule is CN1CC[C@@]2(C)c3cc(OC(=O)Nc4ccccc4)ccc3N(C)C12.CN1CC[C@]2(C)c3cc(OC(=O)Nc4ccccc4)ccc3N(C)C12. The highest BCUT2D eigenvalue weighted by atomic mass is 16.6. The molecule has 4 aromatic carbocycles. The van der Waals surface area contributed by atoms with E-state index in [1.165, 1.54) is 22.5 Å². The molecule has 2 amide bonds. The summed E-state index contributed by atoms with van der Waals surface area (Å²) < 4.78 is 11.0. The Kier molecular flexibility index (Phi) is 8.69. The van der Waals surface area contributed by atoms with Gasteiger partial charge in [-0.15, -0.1) is 0 Å². The van der Waals surface area contributed by atoms with Gasteiger partial charge in [0.25, 0.3) is 0 Å². The van der Waals surface area contributed by atoms with Crippen molar-refractivity contribution in [2.24, 2.45) is 0 Å². The number of likely N-dealkylation sites (tertiary alicyclic amines) is 2. The summed E-state index contributed by atoms with van der Waals surface area (Å²) in [6, 6.07) is 30.5. The molecule has 0 spiro atoms. The number of anilines is 4. The summed E-state index contributed by atoms with van der Waals surface area (Å²) in [5.41, 5.74) is 6.52. The van der Waals surface area contributed by atoms with Gasteiger partial charge >= 0.3 is 12.2 Å². The summed E-state index contributed by atoms with van der Waals surface area (Å²) in [4.78, 5) is 33.8. The van der Waals surface area contributed by atoms with Crippen molar-refractivity contribution in [2.75, 3.05) is 61.7 Å². The monoisotopic (exact) mass is 674 g/mol. The predicted molar refractivity (Wildman–Crippen MR) is 199 cm³/mol. The molecular weight excluding hydrogens is 628 g/mol. The molecular formula is C40H46N6O4. The second-order valence-electron chi connectivity index (χ2n) is 14.4. The van der Waals surface area contributed by atoms with Crippen molar-refractivity contribution in [2.45, 2.75) is 49.9 Å². The summed E-state index contributed by atoms with van der Waals surface area (Å²) >= 11 is 0. The van der Waals surface area contributed by atoms with E-state index in [2.05, 4.69) is 84.4 Å². The maximum atomic E-state index is 12.2. The minimum absolute atomic E-state index is 0.0636. The van der Waals surface area contributed by atoms with Crippen molar-refractivity contribution in [3.05, 3.63) is 108 Å². The number of amides is 2. The van der Waals surface area contributed by atoms with Crippen LogP contribution >= 0.6 is 0 Å². The Labute approximate surface area is 294 Å². The van der Waals surface area contributed by atoms with Crippen LogP contribution in [0.25, 0.3) is 0 Å². The fraction of sp³-hybridized carbons (Fsp3) is 0.350. The lowest BCUT2D eigenvalue weighted by Crippen LogP contribution is -2.45. The first-order valence-electron chi connectivity index (χ1n) is 17.2. The van der Waals surface area contributed by atoms with E-state index in [4.69, 9.17) is 9.47 Å². The number of nitrogens with one attached hydrogen (secondary N) is 2. The lowest BCUT2D eigenvalue weighted by atomic mass is 9.81. The molecule has 4 heterocycles. The summed E-state index contributed by atoms with van der Waals surface area (Å²) in [6.07, 6.45) is 1.98. The number of carbonyl (C=O) groups excluding carboxylic acids is 2. The molecule has 50 heavy (non-hydrogen) atoms. The van der Waals surface area contributed by atoms with Gasteiger partial charge in [-0.25, -0.2) is 9.59 Å². The van der Waals surface area contributed by atoms with Gasteiger partial charge in [-0.2, -0.15) is 0 Å². The molecule has 0 bridgehead atoms. The van der Waals surface area contributed by atoms with Crippen molar-refractivity contribution in [1.29, 1.82) is 0 Å². The molecule has 10 nitrogen and oxygen atoms in total. The first-order valence-corrected chi connectivity index (χ1v) is 17.2. The Hall–Kier alpha value is -5.06. The number of likely N-dealkylation sites (N-methyl/N-ethyl adjacent to an activating group) is 4. The van der Waals surface area contributed by atoms with Gasteiger partial charge < -0.3 is 19.3 Å². The van der Waals surface area contributed by atoms with Crippen LogP contribution in [0.2, 0.25) is 0 Å². The van der Waals surface area contributed by atoms with E-state index in [9.17, 15) is 9.59 Å². The maximum absolute atomic E-state index is 12.2. The number of fused-ring (bicyclic) bond motifs is 6. The van der Waals surface area contributed by atoms with E-state index in [0.29, 0.717) is 23.8 Å². The Balaban J connectivity index is 0.000000157. The van der Waals surface area contributed by atoms with E-state index >= 15 is 0 Å². The third-order valence-electron chi connectivity index (χ3n) is 11.1. The minimum atomic E-state index is -0.470. The summed E-state index contributed by atoms with van der Waals surface area (Å²) in [7, 11) is 8.62. The second kappa shape index (κ2) is 13.0. The largest absolute Gasteiger partial charge is 0.417 e. The Morgan fingerprint density at radius 1 is 0.600 bits per heavy atom. The Morgan fingerprint density at radius 3 is 1.36 bits per heavy atom. The smallest absolute Gasteiger partial charge is 0.410 e.